The molecule has 0 aliphatic carbocycles. The zero-order valence-corrected chi connectivity index (χ0v) is 19.8. The number of hydrogen-bond acceptors (Lipinski definition) is 7. The van der Waals surface area contributed by atoms with Gasteiger partial charge in [-0.3, -0.25) is 9.89 Å². The van der Waals surface area contributed by atoms with Crippen molar-refractivity contribution in [1.82, 2.24) is 31.0 Å². The van der Waals surface area contributed by atoms with Gasteiger partial charge in [-0.2, -0.15) is 5.10 Å². The summed E-state index contributed by atoms with van der Waals surface area (Å²) in [6, 6.07) is 18.0. The van der Waals surface area contributed by atoms with E-state index in [0.717, 1.165) is 36.0 Å². The zero-order valence-electron chi connectivity index (χ0n) is 19.8. The summed E-state index contributed by atoms with van der Waals surface area (Å²) in [4.78, 5) is 16.9. The highest BCUT2D eigenvalue weighted by Gasteiger charge is 2.20. The highest BCUT2D eigenvalue weighted by atomic mass is 19.1. The molecule has 1 aliphatic rings. The Labute approximate surface area is 211 Å². The molecule has 6 rings (SSSR count). The van der Waals surface area contributed by atoms with Crippen molar-refractivity contribution in [3.8, 4) is 22.5 Å². The van der Waals surface area contributed by atoms with Crippen LogP contribution >= 0.6 is 0 Å². The number of amides is 1. The van der Waals surface area contributed by atoms with Gasteiger partial charge >= 0.3 is 0 Å². The Bertz CT molecular complexity index is 1560. The summed E-state index contributed by atoms with van der Waals surface area (Å²) in [6.07, 6.45) is 2.67. The Balaban J connectivity index is 1.19. The standard InChI is InChI=1S/C27H24FN7O2/c28-21-12-17(20-9-11-30-25-24(20)26(34-33-25)32-19-8-10-29-15-19)6-7-18(21)14-31-27(36)22-13-23(37-35-22)16-4-2-1-3-5-16/h1-7,9,11-13,19,29H,8,10,14-15H2,(H,31,36)(H2,30,32,33,34)/t19-/m1/s1. The van der Waals surface area contributed by atoms with Crippen molar-refractivity contribution in [3.05, 3.63) is 83.9 Å². The molecule has 1 saturated heterocycles. The molecule has 10 heteroatoms. The molecular formula is C27H24FN7O2. The van der Waals surface area contributed by atoms with E-state index in [2.05, 4.69) is 36.3 Å². The first-order valence-corrected chi connectivity index (χ1v) is 12.0. The van der Waals surface area contributed by atoms with Gasteiger partial charge in [0, 0.05) is 42.5 Å². The fourth-order valence-electron chi connectivity index (χ4n) is 4.51. The van der Waals surface area contributed by atoms with Crippen molar-refractivity contribution in [2.24, 2.45) is 0 Å². The van der Waals surface area contributed by atoms with Crippen LogP contribution in [0.15, 0.2) is 71.4 Å². The number of H-pyrrole nitrogens is 1. The molecule has 5 aromatic rings. The van der Waals surface area contributed by atoms with Gasteiger partial charge in [0.15, 0.2) is 22.9 Å². The van der Waals surface area contributed by atoms with Gasteiger partial charge in [-0.05, 0) is 36.2 Å². The third kappa shape index (κ3) is 4.66. The number of carbonyl (C=O) groups is 1. The Morgan fingerprint density at radius 3 is 2.81 bits per heavy atom. The molecule has 0 radical (unpaired) electrons. The largest absolute Gasteiger partial charge is 0.364 e. The average Bonchev–Trinajstić information content (AvgIpc) is 3.70. The van der Waals surface area contributed by atoms with Crippen LogP contribution in [0.5, 0.6) is 0 Å². The summed E-state index contributed by atoms with van der Waals surface area (Å²) in [7, 11) is 0. The maximum absolute atomic E-state index is 15.1. The zero-order chi connectivity index (χ0) is 25.2. The number of rotatable bonds is 7. The SMILES string of the molecule is O=C(NCc1ccc(-c2ccnc3[nH]nc(N[C@@H]4CCNC4)c23)cc1F)c1cc(-c2ccccc2)on1. The minimum Gasteiger partial charge on any atom is -0.364 e. The number of aromatic nitrogens is 4. The Kier molecular flexibility index (Phi) is 6.07. The highest BCUT2D eigenvalue weighted by Crippen LogP contribution is 2.33. The predicted molar refractivity (Wildman–Crippen MR) is 137 cm³/mol. The molecule has 3 aromatic heterocycles. The highest BCUT2D eigenvalue weighted by molar-refractivity contribution is 6.00. The second-order valence-electron chi connectivity index (χ2n) is 8.92. The van der Waals surface area contributed by atoms with E-state index in [4.69, 9.17) is 4.52 Å². The summed E-state index contributed by atoms with van der Waals surface area (Å²) in [5.74, 6) is 0.319. The fraction of sp³-hybridized carbons (Fsp3) is 0.185. The van der Waals surface area contributed by atoms with E-state index in [0.29, 0.717) is 28.4 Å². The van der Waals surface area contributed by atoms with Crippen LogP contribution in [-0.4, -0.2) is 45.4 Å². The molecule has 37 heavy (non-hydrogen) atoms. The lowest BCUT2D eigenvalue weighted by molar-refractivity contribution is 0.0941. The maximum Gasteiger partial charge on any atom is 0.273 e. The van der Waals surface area contributed by atoms with Crippen LogP contribution in [0.1, 0.15) is 22.5 Å². The molecule has 186 valence electrons. The smallest absolute Gasteiger partial charge is 0.273 e. The van der Waals surface area contributed by atoms with Crippen molar-refractivity contribution in [2.45, 2.75) is 19.0 Å². The quantitative estimate of drug-likeness (QED) is 0.267. The van der Waals surface area contributed by atoms with E-state index in [1.54, 1.807) is 18.3 Å². The molecule has 4 heterocycles. The third-order valence-electron chi connectivity index (χ3n) is 6.47. The Morgan fingerprint density at radius 1 is 1.11 bits per heavy atom. The number of fused-ring (bicyclic) bond motifs is 1. The second-order valence-corrected chi connectivity index (χ2v) is 8.92. The summed E-state index contributed by atoms with van der Waals surface area (Å²) < 4.78 is 20.4. The first-order valence-electron chi connectivity index (χ1n) is 12.0. The molecule has 0 unspecified atom stereocenters. The van der Waals surface area contributed by atoms with E-state index < -0.39 is 11.7 Å². The normalized spacial score (nSPS) is 15.2. The van der Waals surface area contributed by atoms with Gasteiger partial charge in [-0.25, -0.2) is 9.37 Å². The molecule has 1 amide bonds. The van der Waals surface area contributed by atoms with Crippen molar-refractivity contribution < 1.29 is 13.7 Å². The predicted octanol–water partition coefficient (Wildman–Crippen LogP) is 4.12. The maximum atomic E-state index is 15.1. The number of aromatic amines is 1. The van der Waals surface area contributed by atoms with Gasteiger partial charge in [0.05, 0.1) is 5.39 Å². The number of benzene rings is 2. The third-order valence-corrected chi connectivity index (χ3v) is 6.47. The molecular weight excluding hydrogens is 473 g/mol. The summed E-state index contributed by atoms with van der Waals surface area (Å²) in [5, 5.41) is 21.5. The number of pyridine rings is 1. The average molecular weight is 498 g/mol. The molecule has 4 N–H and O–H groups in total. The van der Waals surface area contributed by atoms with Gasteiger partial charge in [-0.15, -0.1) is 0 Å². The minimum absolute atomic E-state index is 0.0113. The number of carbonyl (C=O) groups excluding carboxylic acids is 1. The van der Waals surface area contributed by atoms with Crippen LogP contribution in [0.25, 0.3) is 33.5 Å². The molecule has 1 fully saturated rings. The summed E-state index contributed by atoms with van der Waals surface area (Å²) >= 11 is 0. The lowest BCUT2D eigenvalue weighted by atomic mass is 10.0. The number of nitrogens with zero attached hydrogens (tertiary/aromatic N) is 3. The monoisotopic (exact) mass is 497 g/mol. The topological polar surface area (TPSA) is 121 Å². The summed E-state index contributed by atoms with van der Waals surface area (Å²) in [5.41, 5.74) is 3.45. The number of nitrogens with one attached hydrogen (secondary N) is 4. The van der Waals surface area contributed by atoms with Crippen LogP contribution in [-0.2, 0) is 6.54 Å². The minimum atomic E-state index is -0.444. The first-order chi connectivity index (χ1) is 18.2. The molecule has 1 aliphatic heterocycles. The first kappa shape index (κ1) is 22.9. The van der Waals surface area contributed by atoms with Crippen LogP contribution in [0.3, 0.4) is 0 Å². The van der Waals surface area contributed by atoms with E-state index in [1.807, 2.05) is 42.5 Å². The lowest BCUT2D eigenvalue weighted by Gasteiger charge is -2.12. The van der Waals surface area contributed by atoms with Crippen molar-refractivity contribution in [1.29, 1.82) is 0 Å². The van der Waals surface area contributed by atoms with Gasteiger partial charge in [0.2, 0.25) is 0 Å². The second kappa shape index (κ2) is 9.82. The number of halogens is 1. The van der Waals surface area contributed by atoms with Gasteiger partial charge < -0.3 is 20.5 Å². The van der Waals surface area contributed by atoms with Crippen molar-refractivity contribution in [3.63, 3.8) is 0 Å². The van der Waals surface area contributed by atoms with Crippen LogP contribution in [0.2, 0.25) is 0 Å². The fourth-order valence-corrected chi connectivity index (χ4v) is 4.51. The van der Waals surface area contributed by atoms with Gasteiger partial charge in [0.1, 0.15) is 5.82 Å². The molecule has 1 atom stereocenters. The van der Waals surface area contributed by atoms with Crippen molar-refractivity contribution >= 4 is 22.8 Å². The molecule has 0 bridgehead atoms. The molecule has 9 nitrogen and oxygen atoms in total. The number of anilines is 1. The van der Waals surface area contributed by atoms with Crippen LogP contribution in [0, 0.1) is 5.82 Å². The van der Waals surface area contributed by atoms with Crippen LogP contribution < -0.4 is 16.0 Å². The van der Waals surface area contributed by atoms with Crippen molar-refractivity contribution in [2.75, 3.05) is 18.4 Å². The molecule has 0 saturated carbocycles. The molecule has 0 spiro atoms. The van der Waals surface area contributed by atoms with E-state index in [-0.39, 0.29) is 18.3 Å². The van der Waals surface area contributed by atoms with E-state index in [9.17, 15) is 4.79 Å². The van der Waals surface area contributed by atoms with Gasteiger partial charge in [0.25, 0.3) is 5.91 Å². The lowest BCUT2D eigenvalue weighted by Crippen LogP contribution is -2.23. The van der Waals surface area contributed by atoms with E-state index in [1.165, 1.54) is 6.07 Å². The van der Waals surface area contributed by atoms with Crippen LogP contribution in [0.4, 0.5) is 10.2 Å². The van der Waals surface area contributed by atoms with Gasteiger partial charge in [-0.1, -0.05) is 47.6 Å². The Morgan fingerprint density at radius 2 is 2.00 bits per heavy atom. The van der Waals surface area contributed by atoms with E-state index >= 15 is 4.39 Å². The Hall–Kier alpha value is -4.57. The summed E-state index contributed by atoms with van der Waals surface area (Å²) in [6.45, 7) is 1.83. The molecule has 2 aromatic carbocycles. The number of hydrogen-bond donors (Lipinski definition) is 4.